The van der Waals surface area contributed by atoms with Crippen LogP contribution in [0.25, 0.3) is 0 Å². The van der Waals surface area contributed by atoms with Crippen molar-refractivity contribution in [2.75, 3.05) is 33.5 Å². The number of ether oxygens (including phenoxy) is 14. The maximum Gasteiger partial charge on any atom is 0.303 e. The largest absolute Gasteiger partial charge is 0.463 e. The Morgan fingerprint density at radius 3 is 1.61 bits per heavy atom. The molecule has 14 atom stereocenters. The molecule has 0 aromatic rings. The predicted octanol–water partition coefficient (Wildman–Crippen LogP) is -1.07. The van der Waals surface area contributed by atoms with E-state index in [1.54, 1.807) is 0 Å². The Labute approximate surface area is 327 Å². The van der Waals surface area contributed by atoms with Gasteiger partial charge in [0, 0.05) is 55.6 Å². The van der Waals surface area contributed by atoms with Crippen LogP contribution in [0.15, 0.2) is 12.7 Å². The summed E-state index contributed by atoms with van der Waals surface area (Å²) in [6, 6.07) is 0. The summed E-state index contributed by atoms with van der Waals surface area (Å²) in [5.74, 6) is -5.74. The molecule has 0 spiro atoms. The maximum atomic E-state index is 12.4. The summed E-state index contributed by atoms with van der Waals surface area (Å²) in [6.07, 6.45) is -19.3. The van der Waals surface area contributed by atoms with Gasteiger partial charge in [0.2, 0.25) is 0 Å². The number of carbonyl (C=O) groups is 7. The Hall–Kier alpha value is -4.29. The van der Waals surface area contributed by atoms with Crippen LogP contribution in [0.1, 0.15) is 48.5 Å². The molecule has 3 fully saturated rings. The standard InChI is InChI=1S/C35H50O22/c1-10-11-45-30-28(57-35-32(54-21(8)42)29(52-19(6)40)26(50-17(4)38)24(56-35)13-46-15(2)36)25(43)22(55-33(30)44-9)12-47-34-31(53-20(7)41)27(51-18(5)39)23(14-48-34)49-16(3)37/h10,22-35,43H,1,11-14H2,2-9H3/t22-,23-,24-,25-,26-,27+,28+,29+,30+,31+,32+,33+,34+,35-/m1/s1. The van der Waals surface area contributed by atoms with E-state index < -0.39 is 141 Å². The van der Waals surface area contributed by atoms with E-state index in [0.29, 0.717) is 0 Å². The number of methoxy groups -OCH3 is 1. The van der Waals surface area contributed by atoms with Gasteiger partial charge in [-0.1, -0.05) is 6.08 Å². The third-order valence-corrected chi connectivity index (χ3v) is 8.23. The molecular weight excluding hydrogens is 772 g/mol. The molecule has 3 rings (SSSR count). The van der Waals surface area contributed by atoms with Gasteiger partial charge in [-0.15, -0.1) is 6.58 Å². The summed E-state index contributed by atoms with van der Waals surface area (Å²) in [4.78, 5) is 84.7. The lowest BCUT2D eigenvalue weighted by Gasteiger charge is -2.48. The molecule has 0 aromatic carbocycles. The van der Waals surface area contributed by atoms with Crippen molar-refractivity contribution in [1.82, 2.24) is 0 Å². The summed E-state index contributed by atoms with van der Waals surface area (Å²) >= 11 is 0. The Kier molecular flexibility index (Phi) is 18.2. The lowest BCUT2D eigenvalue weighted by molar-refractivity contribution is -0.366. The first-order valence-electron chi connectivity index (χ1n) is 17.7. The molecular formula is C35H50O22. The summed E-state index contributed by atoms with van der Waals surface area (Å²) in [7, 11) is 1.26. The van der Waals surface area contributed by atoms with E-state index in [2.05, 4.69) is 6.58 Å². The van der Waals surface area contributed by atoms with Crippen molar-refractivity contribution in [2.45, 2.75) is 134 Å². The van der Waals surface area contributed by atoms with E-state index >= 15 is 0 Å². The van der Waals surface area contributed by atoms with Gasteiger partial charge >= 0.3 is 41.8 Å². The number of esters is 7. The van der Waals surface area contributed by atoms with Crippen molar-refractivity contribution < 1.29 is 105 Å². The Balaban J connectivity index is 2.01. The number of aliphatic hydroxyl groups excluding tert-OH is 1. The summed E-state index contributed by atoms with van der Waals surface area (Å²) < 4.78 is 79.0. The zero-order valence-electron chi connectivity index (χ0n) is 32.7. The molecule has 0 saturated carbocycles. The van der Waals surface area contributed by atoms with E-state index in [1.165, 1.54) is 13.2 Å². The van der Waals surface area contributed by atoms with Crippen molar-refractivity contribution in [2.24, 2.45) is 0 Å². The molecule has 322 valence electrons. The molecule has 22 heteroatoms. The third kappa shape index (κ3) is 13.7. The van der Waals surface area contributed by atoms with Gasteiger partial charge in [0.1, 0.15) is 37.1 Å². The first kappa shape index (κ1) is 47.1. The van der Waals surface area contributed by atoms with E-state index in [-0.39, 0.29) is 13.2 Å². The molecule has 0 radical (unpaired) electrons. The monoisotopic (exact) mass is 822 g/mol. The van der Waals surface area contributed by atoms with Crippen LogP contribution in [0.2, 0.25) is 0 Å². The molecule has 57 heavy (non-hydrogen) atoms. The lowest BCUT2D eigenvalue weighted by Crippen LogP contribution is -2.67. The first-order valence-corrected chi connectivity index (χ1v) is 17.7. The molecule has 1 N–H and O–H groups in total. The quantitative estimate of drug-likeness (QED) is 0.104. The van der Waals surface area contributed by atoms with Crippen LogP contribution in [0, 0.1) is 0 Å². The van der Waals surface area contributed by atoms with Crippen LogP contribution >= 0.6 is 0 Å². The molecule has 0 aliphatic carbocycles. The molecule has 22 nitrogen and oxygen atoms in total. The highest BCUT2D eigenvalue weighted by Crippen LogP contribution is 2.35. The number of aliphatic hydroxyl groups is 1. The van der Waals surface area contributed by atoms with E-state index in [4.69, 9.17) is 66.3 Å². The number of carbonyl (C=O) groups excluding carboxylic acids is 7. The Morgan fingerprint density at radius 1 is 0.579 bits per heavy atom. The minimum absolute atomic E-state index is 0.124. The molecule has 3 aliphatic rings. The van der Waals surface area contributed by atoms with Crippen LogP contribution in [-0.2, 0) is 99.9 Å². The second kappa shape index (κ2) is 22.0. The highest BCUT2D eigenvalue weighted by atomic mass is 16.8. The summed E-state index contributed by atoms with van der Waals surface area (Å²) in [6.45, 7) is 9.58. The fourth-order valence-electron chi connectivity index (χ4n) is 6.22. The van der Waals surface area contributed by atoms with Crippen molar-refractivity contribution in [3.63, 3.8) is 0 Å². The molecule has 0 unspecified atom stereocenters. The van der Waals surface area contributed by atoms with Crippen molar-refractivity contribution in [3.8, 4) is 0 Å². The average molecular weight is 823 g/mol. The van der Waals surface area contributed by atoms with Gasteiger partial charge in [0.15, 0.2) is 55.5 Å². The van der Waals surface area contributed by atoms with Gasteiger partial charge in [-0.25, -0.2) is 0 Å². The van der Waals surface area contributed by atoms with Gasteiger partial charge in [-0.2, -0.15) is 0 Å². The SMILES string of the molecule is C=CCO[C@@H]1[C@@H](OC)O[C@H](CO[C@H]2OC[C@@H](OC(C)=O)[C@H](OC(C)=O)[C@@H]2OC(C)=O)[C@@H](O)[C@@H]1O[C@H]1O[C@H](COC(C)=O)[C@@H](OC(C)=O)[C@H](OC(C)=O)[C@@H]1OC(C)=O. The molecule has 3 aliphatic heterocycles. The van der Waals surface area contributed by atoms with Crippen LogP contribution in [0.4, 0.5) is 0 Å². The number of hydrogen-bond acceptors (Lipinski definition) is 22. The summed E-state index contributed by atoms with van der Waals surface area (Å²) in [5, 5.41) is 11.9. The Morgan fingerprint density at radius 2 is 1.09 bits per heavy atom. The molecule has 3 saturated heterocycles. The van der Waals surface area contributed by atoms with E-state index in [1.807, 2.05) is 0 Å². The zero-order valence-corrected chi connectivity index (χ0v) is 32.7. The first-order chi connectivity index (χ1) is 26.9. The van der Waals surface area contributed by atoms with Gasteiger partial charge in [-0.05, 0) is 0 Å². The fraction of sp³-hybridized carbons (Fsp3) is 0.743. The normalized spacial score (nSPS) is 33.8. The van der Waals surface area contributed by atoms with Crippen LogP contribution in [0.5, 0.6) is 0 Å². The van der Waals surface area contributed by atoms with Crippen molar-refractivity contribution >= 4 is 41.8 Å². The van der Waals surface area contributed by atoms with Gasteiger partial charge in [0.25, 0.3) is 0 Å². The molecule has 3 heterocycles. The average Bonchev–Trinajstić information content (AvgIpc) is 3.10. The van der Waals surface area contributed by atoms with Crippen molar-refractivity contribution in [1.29, 1.82) is 0 Å². The zero-order chi connectivity index (χ0) is 42.6. The van der Waals surface area contributed by atoms with E-state index in [0.717, 1.165) is 48.5 Å². The minimum atomic E-state index is -1.75. The topological polar surface area (TPSA) is 269 Å². The highest BCUT2D eigenvalue weighted by molar-refractivity contribution is 5.69. The van der Waals surface area contributed by atoms with Crippen LogP contribution in [0.3, 0.4) is 0 Å². The minimum Gasteiger partial charge on any atom is -0.463 e. The van der Waals surface area contributed by atoms with Gasteiger partial charge < -0.3 is 71.4 Å². The van der Waals surface area contributed by atoms with Crippen molar-refractivity contribution in [3.05, 3.63) is 12.7 Å². The lowest BCUT2D eigenvalue weighted by atomic mass is 9.96. The van der Waals surface area contributed by atoms with E-state index in [9.17, 15) is 38.7 Å². The highest BCUT2D eigenvalue weighted by Gasteiger charge is 2.56. The Bertz CT molecular complexity index is 1430. The second-order valence-electron chi connectivity index (χ2n) is 12.9. The molecule has 0 bridgehead atoms. The van der Waals surface area contributed by atoms with Gasteiger partial charge in [0.05, 0.1) is 19.8 Å². The van der Waals surface area contributed by atoms with Crippen LogP contribution < -0.4 is 0 Å². The number of rotatable bonds is 17. The third-order valence-electron chi connectivity index (χ3n) is 8.23. The molecule has 0 aromatic heterocycles. The molecule has 0 amide bonds. The smallest absolute Gasteiger partial charge is 0.303 e. The summed E-state index contributed by atoms with van der Waals surface area (Å²) in [5.41, 5.74) is 0. The van der Waals surface area contributed by atoms with Gasteiger partial charge in [-0.3, -0.25) is 33.6 Å². The fourth-order valence-corrected chi connectivity index (χ4v) is 6.22. The number of hydrogen-bond donors (Lipinski definition) is 1. The second-order valence-corrected chi connectivity index (χ2v) is 12.9. The predicted molar refractivity (Wildman–Crippen MR) is 181 cm³/mol. The van der Waals surface area contributed by atoms with Crippen LogP contribution in [-0.4, -0.2) is 166 Å². The maximum absolute atomic E-state index is 12.4.